The van der Waals surface area contributed by atoms with E-state index in [1.807, 2.05) is 60.7 Å². The minimum absolute atomic E-state index is 0.0203. The summed E-state index contributed by atoms with van der Waals surface area (Å²) in [5.74, 6) is -2.25. The fourth-order valence-corrected chi connectivity index (χ4v) is 10.2. The van der Waals surface area contributed by atoms with Gasteiger partial charge in [-0.2, -0.15) is 4.52 Å². The Balaban J connectivity index is 2.26. The number of aliphatic hydroxyl groups excluding tert-OH is 1. The highest BCUT2D eigenvalue weighted by Gasteiger charge is 2.29. The second kappa shape index (κ2) is 42.9. The molecule has 0 saturated carbocycles. The summed E-state index contributed by atoms with van der Waals surface area (Å²) in [6, 6.07) is 18.5. The van der Waals surface area contributed by atoms with Crippen molar-refractivity contribution >= 4 is 60.3 Å². The molecular weight excluding hydrogens is 1000 g/mol. The van der Waals surface area contributed by atoms with Gasteiger partial charge in [0.1, 0.15) is 35.4 Å². The van der Waals surface area contributed by atoms with Crippen molar-refractivity contribution in [3.05, 3.63) is 121 Å². The van der Waals surface area contributed by atoms with Crippen molar-refractivity contribution in [3.8, 4) is 0 Å². The fourth-order valence-electron chi connectivity index (χ4n) is 4.82. The second-order valence-corrected chi connectivity index (χ2v) is 18.7. The van der Waals surface area contributed by atoms with Gasteiger partial charge in [0.25, 0.3) is 7.66 Å². The molecule has 2 rings (SSSR count). The lowest BCUT2D eigenvalue weighted by atomic mass is 10.2. The SMILES string of the molecule is C=CC/C=C/C(=O)OCCOCCOP(N=P(N)(OCCOCCOC(=O)C=C)OCCOCCOC(=O)/C=C/c1ccccc1)(=NPOCCOCCO)OCCOCCOC(=O)/C=C/c1ccccc1. The van der Waals surface area contributed by atoms with Crippen LogP contribution in [0.1, 0.15) is 17.5 Å². The first-order valence-corrected chi connectivity index (χ1v) is 26.7. The molecular formula is C47H68N3O19P3. The Bertz CT molecular complexity index is 2030. The number of nitrogens with zero attached hydrogens (tertiary/aromatic N) is 2. The maximum Gasteiger partial charge on any atom is 0.345 e. The van der Waals surface area contributed by atoms with Crippen LogP contribution in [-0.4, -0.2) is 161 Å². The van der Waals surface area contributed by atoms with Gasteiger partial charge in [-0.25, -0.2) is 19.2 Å². The molecule has 0 aliphatic rings. The minimum Gasteiger partial charge on any atom is -0.460 e. The number of aliphatic hydroxyl groups is 1. The average Bonchev–Trinajstić information content (AvgIpc) is 3.38. The van der Waals surface area contributed by atoms with Gasteiger partial charge in [0.05, 0.1) is 106 Å². The third-order valence-corrected chi connectivity index (χ3v) is 13.8. The molecule has 0 radical (unpaired) electrons. The lowest BCUT2D eigenvalue weighted by Crippen LogP contribution is -2.16. The van der Waals surface area contributed by atoms with E-state index in [-0.39, 0.29) is 132 Å². The molecule has 3 unspecified atom stereocenters. The van der Waals surface area contributed by atoms with Crippen molar-refractivity contribution < 1.29 is 89.5 Å². The van der Waals surface area contributed by atoms with Crippen LogP contribution in [0.3, 0.4) is 0 Å². The van der Waals surface area contributed by atoms with E-state index in [4.69, 9.17) is 80.4 Å². The number of nitrogens with two attached hydrogens (primary N) is 1. The van der Waals surface area contributed by atoms with Gasteiger partial charge in [-0.15, -0.1) is 11.1 Å². The zero-order chi connectivity index (χ0) is 52.1. The molecule has 25 heteroatoms. The number of allylic oxidation sites excluding steroid dienone is 2. The normalized spacial score (nSPS) is 13.2. The third-order valence-electron chi connectivity index (χ3n) is 8.05. The number of hydrogen-bond acceptors (Lipinski definition) is 20. The van der Waals surface area contributed by atoms with Gasteiger partial charge >= 0.3 is 31.5 Å². The highest BCUT2D eigenvalue weighted by Crippen LogP contribution is 2.64. The van der Waals surface area contributed by atoms with Gasteiger partial charge in [0.2, 0.25) is 0 Å². The molecule has 0 aromatic heterocycles. The summed E-state index contributed by atoms with van der Waals surface area (Å²) in [4.78, 5) is 47.8. The van der Waals surface area contributed by atoms with Crippen molar-refractivity contribution in [1.82, 2.24) is 0 Å². The van der Waals surface area contributed by atoms with Crippen molar-refractivity contribution in [2.24, 2.45) is 14.5 Å². The van der Waals surface area contributed by atoms with Crippen molar-refractivity contribution in [1.29, 1.82) is 0 Å². The number of rotatable bonds is 44. The standard InChI is InChI=1S/C47H68N3O19P3/c1-3-5-8-17-45(53)62-34-25-59-31-40-68-72(49-70-65-37-28-56-23-22-51,69-41-32-60-27-36-64-47(55)21-19-43-15-11-7-12-16-43)50-71(48,66-38-29-57-24-33-61-44(52)4-2)67-39-30-58-26-35-63-46(54)20-18-42-13-9-6-10-14-42/h3-4,6-21,51,70H,1-2,5,22-41,48H2/b17-8+,20-18+,21-19+. The van der Waals surface area contributed by atoms with Crippen LogP contribution in [0.4, 0.5) is 0 Å². The molecule has 3 atom stereocenters. The quantitative estimate of drug-likeness (QED) is 0.0181. The zero-order valence-electron chi connectivity index (χ0n) is 40.3. The van der Waals surface area contributed by atoms with Crippen LogP contribution in [0.15, 0.2) is 119 Å². The van der Waals surface area contributed by atoms with Crippen molar-refractivity contribution in [2.45, 2.75) is 6.42 Å². The minimum atomic E-state index is -3.90. The maximum absolute atomic E-state index is 12.3. The summed E-state index contributed by atoms with van der Waals surface area (Å²) in [5.41, 5.74) is 8.49. The van der Waals surface area contributed by atoms with E-state index in [9.17, 15) is 19.2 Å². The van der Waals surface area contributed by atoms with Gasteiger partial charge in [0, 0.05) is 24.3 Å². The molecule has 22 nitrogen and oxygen atoms in total. The Morgan fingerprint density at radius 2 is 0.931 bits per heavy atom. The predicted octanol–water partition coefficient (Wildman–Crippen LogP) is 6.42. The number of hydrogen-bond donors (Lipinski definition) is 2. The van der Waals surface area contributed by atoms with Crippen LogP contribution in [0, 0.1) is 0 Å². The largest absolute Gasteiger partial charge is 0.460 e. The summed E-state index contributed by atoms with van der Waals surface area (Å²) in [5, 5.41) is 9.08. The van der Waals surface area contributed by atoms with E-state index in [1.54, 1.807) is 24.3 Å². The Morgan fingerprint density at radius 3 is 1.38 bits per heavy atom. The van der Waals surface area contributed by atoms with E-state index < -0.39 is 48.2 Å². The molecule has 0 heterocycles. The molecule has 0 saturated heterocycles. The Labute approximate surface area is 423 Å². The number of carbonyl (C=O) groups excluding carboxylic acids is 4. The fraction of sp³-hybridized carbons (Fsp3) is 0.447. The molecule has 0 aliphatic carbocycles. The first kappa shape index (κ1) is 63.5. The van der Waals surface area contributed by atoms with Gasteiger partial charge in [0.15, 0.2) is 0 Å². The molecule has 3 N–H and O–H groups in total. The van der Waals surface area contributed by atoms with Crippen LogP contribution in [0.2, 0.25) is 0 Å². The maximum atomic E-state index is 12.3. The Hall–Kier alpha value is -4.57. The summed E-state index contributed by atoms with van der Waals surface area (Å²) < 4.78 is 88.0. The summed E-state index contributed by atoms with van der Waals surface area (Å²) in [7, 11) is -8.43. The Morgan fingerprint density at radius 1 is 0.528 bits per heavy atom. The molecule has 400 valence electrons. The van der Waals surface area contributed by atoms with Crippen LogP contribution in [0.5, 0.6) is 0 Å². The number of benzene rings is 2. The number of carbonyl (C=O) groups is 4. The average molecular weight is 1070 g/mol. The first-order chi connectivity index (χ1) is 35.1. The zero-order valence-corrected chi connectivity index (χ0v) is 43.1. The van der Waals surface area contributed by atoms with E-state index in [2.05, 4.69) is 17.7 Å². The molecule has 0 spiro atoms. The topological polar surface area (TPSA) is 268 Å². The monoisotopic (exact) mass is 1070 g/mol. The smallest absolute Gasteiger partial charge is 0.345 e. The van der Waals surface area contributed by atoms with E-state index in [0.717, 1.165) is 17.2 Å². The van der Waals surface area contributed by atoms with E-state index >= 15 is 0 Å². The molecule has 0 fully saturated rings. The van der Waals surface area contributed by atoms with Gasteiger partial charge in [-0.3, -0.25) is 5.50 Å². The highest BCUT2D eigenvalue weighted by atomic mass is 31.2. The third kappa shape index (κ3) is 34.7. The summed E-state index contributed by atoms with van der Waals surface area (Å²) in [6.45, 7) is 6.24. The van der Waals surface area contributed by atoms with Crippen LogP contribution < -0.4 is 5.50 Å². The van der Waals surface area contributed by atoms with Crippen LogP contribution in [-0.2, 0) is 84.4 Å². The molecule has 0 aliphatic heterocycles. The van der Waals surface area contributed by atoms with E-state index in [0.29, 0.717) is 6.42 Å². The van der Waals surface area contributed by atoms with Crippen LogP contribution in [0.25, 0.3) is 12.2 Å². The van der Waals surface area contributed by atoms with Crippen LogP contribution >= 0.6 is 24.3 Å². The number of esters is 4. The predicted molar refractivity (Wildman–Crippen MR) is 271 cm³/mol. The van der Waals surface area contributed by atoms with Crippen molar-refractivity contribution in [3.63, 3.8) is 0 Å². The molecule has 0 bridgehead atoms. The number of ether oxygens (including phenoxy) is 9. The lowest BCUT2D eigenvalue weighted by molar-refractivity contribution is -0.140. The molecule has 72 heavy (non-hydrogen) atoms. The second-order valence-electron chi connectivity index (χ2n) is 13.6. The highest BCUT2D eigenvalue weighted by molar-refractivity contribution is 7.68. The molecule has 2 aromatic rings. The van der Waals surface area contributed by atoms with E-state index in [1.165, 1.54) is 18.2 Å². The summed E-state index contributed by atoms with van der Waals surface area (Å²) >= 11 is 0. The van der Waals surface area contributed by atoms with Gasteiger partial charge < -0.3 is 70.4 Å². The summed E-state index contributed by atoms with van der Waals surface area (Å²) in [6.07, 6.45) is 12.0. The van der Waals surface area contributed by atoms with Crippen molar-refractivity contribution in [2.75, 3.05) is 132 Å². The Kier molecular flexibility index (Phi) is 37.9. The molecule has 2 aromatic carbocycles. The first-order valence-electron chi connectivity index (χ1n) is 22.6. The van der Waals surface area contributed by atoms with Gasteiger partial charge in [-0.1, -0.05) is 79.4 Å². The molecule has 0 amide bonds. The lowest BCUT2D eigenvalue weighted by Gasteiger charge is -2.26. The van der Waals surface area contributed by atoms with Gasteiger partial charge in [-0.05, 0) is 29.7 Å².